The monoisotopic (exact) mass is 690 g/mol. The third-order valence-electron chi connectivity index (χ3n) is 10.9. The summed E-state index contributed by atoms with van der Waals surface area (Å²) in [6, 6.07) is 8.75. The number of halogens is 1. The highest BCUT2D eigenvalue weighted by Crippen LogP contribution is 2.42. The van der Waals surface area contributed by atoms with Gasteiger partial charge in [-0.25, -0.2) is 9.07 Å². The Hall–Kier alpha value is -3.81. The molecule has 3 saturated heterocycles. The van der Waals surface area contributed by atoms with Gasteiger partial charge in [-0.2, -0.15) is 23.5 Å². The summed E-state index contributed by atoms with van der Waals surface area (Å²) in [7, 11) is -4.19. The SMILES string of the molecule is Cc1ccc(S(=O)(=O)Oc2nc(OC[C@@]34CCCN3C[C@H](F)C4)nc3c2CCN(c2c(C)c(C)cc4c2cnn4C2CCCCO2)C3)cc1. The maximum Gasteiger partial charge on any atom is 0.340 e. The summed E-state index contributed by atoms with van der Waals surface area (Å²) in [5, 5.41) is 5.83. The van der Waals surface area contributed by atoms with E-state index in [-0.39, 0.29) is 29.6 Å². The zero-order valence-electron chi connectivity index (χ0n) is 28.3. The van der Waals surface area contributed by atoms with Crippen LogP contribution in [-0.4, -0.2) is 77.6 Å². The molecule has 6 heterocycles. The smallest absolute Gasteiger partial charge is 0.340 e. The lowest BCUT2D eigenvalue weighted by Crippen LogP contribution is -2.43. The van der Waals surface area contributed by atoms with Gasteiger partial charge in [-0.3, -0.25) is 4.90 Å². The molecule has 11 nitrogen and oxygen atoms in total. The average Bonchev–Trinajstić information content (AvgIpc) is 3.76. The van der Waals surface area contributed by atoms with Crippen LogP contribution >= 0.6 is 0 Å². The number of nitrogens with zero attached hydrogens (tertiary/aromatic N) is 6. The maximum atomic E-state index is 14.5. The van der Waals surface area contributed by atoms with Crippen LogP contribution in [0.4, 0.5) is 10.1 Å². The molecule has 0 bridgehead atoms. The molecule has 3 atom stereocenters. The Morgan fingerprint density at radius 1 is 1.08 bits per heavy atom. The number of aryl methyl sites for hydroxylation is 2. The van der Waals surface area contributed by atoms with Crippen LogP contribution in [0.2, 0.25) is 0 Å². The molecule has 2 aromatic heterocycles. The predicted molar refractivity (Wildman–Crippen MR) is 182 cm³/mol. The van der Waals surface area contributed by atoms with Gasteiger partial charge in [-0.1, -0.05) is 17.7 Å². The van der Waals surface area contributed by atoms with Crippen molar-refractivity contribution in [2.45, 2.75) is 95.1 Å². The van der Waals surface area contributed by atoms with Gasteiger partial charge in [0.2, 0.25) is 5.88 Å². The summed E-state index contributed by atoms with van der Waals surface area (Å²) < 4.78 is 61.7. The van der Waals surface area contributed by atoms with Gasteiger partial charge in [0, 0.05) is 37.1 Å². The highest BCUT2D eigenvalue weighted by molar-refractivity contribution is 7.87. The molecule has 0 spiro atoms. The lowest BCUT2D eigenvalue weighted by Gasteiger charge is -2.33. The molecule has 0 aliphatic carbocycles. The van der Waals surface area contributed by atoms with E-state index in [2.05, 4.69) is 34.7 Å². The van der Waals surface area contributed by atoms with Gasteiger partial charge < -0.3 is 18.6 Å². The molecular weight excluding hydrogens is 647 g/mol. The first-order valence-corrected chi connectivity index (χ1v) is 18.8. The molecule has 0 radical (unpaired) electrons. The summed E-state index contributed by atoms with van der Waals surface area (Å²) in [4.78, 5) is 13.9. The molecule has 13 heteroatoms. The summed E-state index contributed by atoms with van der Waals surface area (Å²) in [6.07, 6.45) is 6.71. The molecule has 4 aliphatic rings. The van der Waals surface area contributed by atoms with E-state index in [1.807, 2.05) is 17.8 Å². The Morgan fingerprint density at radius 2 is 1.92 bits per heavy atom. The third kappa shape index (κ3) is 5.93. The fourth-order valence-corrected chi connectivity index (χ4v) is 9.07. The second-order valence-corrected chi connectivity index (χ2v) is 15.7. The van der Waals surface area contributed by atoms with E-state index < -0.39 is 21.8 Å². The minimum absolute atomic E-state index is 0.0239. The first-order valence-electron chi connectivity index (χ1n) is 17.4. The van der Waals surface area contributed by atoms with Crippen LogP contribution in [0.25, 0.3) is 10.9 Å². The molecular formula is C36H43FN6O5S. The molecule has 3 fully saturated rings. The van der Waals surface area contributed by atoms with Crippen molar-refractivity contribution in [1.82, 2.24) is 24.6 Å². The van der Waals surface area contributed by atoms with Crippen LogP contribution in [0.15, 0.2) is 41.4 Å². The number of ether oxygens (including phenoxy) is 2. The van der Waals surface area contributed by atoms with E-state index in [0.717, 1.165) is 78.5 Å². The average molecular weight is 691 g/mol. The maximum absolute atomic E-state index is 14.5. The molecule has 4 aliphatic heterocycles. The molecule has 0 saturated carbocycles. The van der Waals surface area contributed by atoms with Crippen molar-refractivity contribution >= 4 is 26.7 Å². The van der Waals surface area contributed by atoms with Crippen LogP contribution in [0, 0.1) is 20.8 Å². The third-order valence-corrected chi connectivity index (χ3v) is 12.1. The van der Waals surface area contributed by atoms with Gasteiger partial charge >= 0.3 is 16.1 Å². The van der Waals surface area contributed by atoms with Crippen LogP contribution < -0.4 is 13.8 Å². The molecule has 2 aromatic carbocycles. The Kier molecular flexibility index (Phi) is 8.27. The van der Waals surface area contributed by atoms with Crippen molar-refractivity contribution in [3.63, 3.8) is 0 Å². The normalized spacial score (nSPS) is 24.3. The molecule has 4 aromatic rings. The minimum atomic E-state index is -4.19. The number of hydrogen-bond acceptors (Lipinski definition) is 10. The number of fused-ring (bicyclic) bond motifs is 3. The number of hydrogen-bond donors (Lipinski definition) is 0. The van der Waals surface area contributed by atoms with E-state index in [9.17, 15) is 12.8 Å². The van der Waals surface area contributed by atoms with Gasteiger partial charge in [0.25, 0.3) is 0 Å². The van der Waals surface area contributed by atoms with Crippen molar-refractivity contribution < 1.29 is 26.5 Å². The van der Waals surface area contributed by atoms with Crippen molar-refractivity contribution in [3.05, 3.63) is 64.5 Å². The van der Waals surface area contributed by atoms with Crippen LogP contribution in [-0.2, 0) is 27.8 Å². The second kappa shape index (κ2) is 12.5. The second-order valence-electron chi connectivity index (χ2n) is 14.1. The van der Waals surface area contributed by atoms with Crippen molar-refractivity contribution in [2.75, 3.05) is 37.7 Å². The van der Waals surface area contributed by atoms with Crippen LogP contribution in [0.5, 0.6) is 11.9 Å². The molecule has 1 unspecified atom stereocenters. The van der Waals surface area contributed by atoms with Crippen molar-refractivity contribution in [1.29, 1.82) is 0 Å². The summed E-state index contributed by atoms with van der Waals surface area (Å²) >= 11 is 0. The predicted octanol–water partition coefficient (Wildman–Crippen LogP) is 5.74. The summed E-state index contributed by atoms with van der Waals surface area (Å²) in [5.74, 6) is -0.0239. The highest BCUT2D eigenvalue weighted by atomic mass is 32.2. The van der Waals surface area contributed by atoms with Crippen LogP contribution in [0.3, 0.4) is 0 Å². The topological polar surface area (TPSA) is 112 Å². The Balaban J connectivity index is 1.15. The first kappa shape index (κ1) is 32.4. The quantitative estimate of drug-likeness (QED) is 0.212. The van der Waals surface area contributed by atoms with E-state index in [4.69, 9.17) is 23.7 Å². The lowest BCUT2D eigenvalue weighted by atomic mass is 9.95. The Labute approximate surface area is 286 Å². The van der Waals surface area contributed by atoms with E-state index in [1.54, 1.807) is 12.1 Å². The zero-order chi connectivity index (χ0) is 33.9. The van der Waals surface area contributed by atoms with Crippen molar-refractivity contribution in [2.24, 2.45) is 0 Å². The van der Waals surface area contributed by atoms with E-state index in [1.165, 1.54) is 12.1 Å². The van der Waals surface area contributed by atoms with Gasteiger partial charge in [-0.05, 0) is 95.2 Å². The van der Waals surface area contributed by atoms with E-state index >= 15 is 0 Å². The number of rotatable bonds is 8. The van der Waals surface area contributed by atoms with Crippen LogP contribution in [0.1, 0.15) is 72.7 Å². The largest absolute Gasteiger partial charge is 0.461 e. The minimum Gasteiger partial charge on any atom is -0.461 e. The van der Waals surface area contributed by atoms with Crippen molar-refractivity contribution in [3.8, 4) is 11.9 Å². The first-order chi connectivity index (χ1) is 23.6. The Bertz CT molecular complexity index is 2000. The fourth-order valence-electron chi connectivity index (χ4n) is 8.16. The highest BCUT2D eigenvalue weighted by Gasteiger charge is 2.49. The fraction of sp³-hybridized carbons (Fsp3) is 0.528. The summed E-state index contributed by atoms with van der Waals surface area (Å²) in [5.41, 5.74) is 6.19. The molecule has 8 rings (SSSR count). The molecule has 260 valence electrons. The van der Waals surface area contributed by atoms with Gasteiger partial charge in [0.05, 0.1) is 35.2 Å². The Morgan fingerprint density at radius 3 is 2.71 bits per heavy atom. The lowest BCUT2D eigenvalue weighted by molar-refractivity contribution is -0.0366. The van der Waals surface area contributed by atoms with Gasteiger partial charge in [0.1, 0.15) is 17.7 Å². The number of aromatic nitrogens is 4. The number of anilines is 1. The zero-order valence-corrected chi connectivity index (χ0v) is 29.1. The number of benzene rings is 2. The van der Waals surface area contributed by atoms with E-state index in [0.29, 0.717) is 43.7 Å². The standard InChI is InChI=1S/C36H43FN6O5S/c1-23-8-10-27(11-9-23)49(44,45)48-34-28-12-15-41(21-30(28)39-35(40-34)47-22-36-13-6-14-42(36)20-26(37)18-36)33-25(3)24(2)17-31-29(33)19-38-43(31)32-7-4-5-16-46-32/h8-11,17,19,26,32H,4-7,12-16,18,20-22H2,1-3H3/t26-,32?,36+/m1/s1. The molecule has 49 heavy (non-hydrogen) atoms. The number of alkyl halides is 1. The molecule has 0 amide bonds. The molecule has 0 N–H and O–H groups in total. The summed E-state index contributed by atoms with van der Waals surface area (Å²) in [6.45, 7) is 9.31. The van der Waals surface area contributed by atoms with Gasteiger partial charge in [0.15, 0.2) is 6.23 Å². The van der Waals surface area contributed by atoms with Gasteiger partial charge in [-0.15, -0.1) is 0 Å².